The Morgan fingerprint density at radius 1 is 1.39 bits per heavy atom. The Labute approximate surface area is 213 Å². The van der Waals surface area contributed by atoms with Gasteiger partial charge >= 0.3 is 0 Å². The maximum absolute atomic E-state index is 12.9. The fraction of sp³-hybridized carbons (Fsp3) is 0.269. The van der Waals surface area contributed by atoms with E-state index in [1.165, 1.54) is 6.08 Å². The van der Waals surface area contributed by atoms with Gasteiger partial charge in [-0.3, -0.25) is 14.6 Å². The molecule has 2 aliphatic heterocycles. The third kappa shape index (κ3) is 4.26. The minimum absolute atomic E-state index is 0.0282. The summed E-state index contributed by atoms with van der Waals surface area (Å²) in [5.41, 5.74) is 3.98. The van der Waals surface area contributed by atoms with Crippen LogP contribution in [0, 0.1) is 0 Å². The topological polar surface area (TPSA) is 109 Å². The third-order valence-electron chi connectivity index (χ3n) is 6.48. The van der Waals surface area contributed by atoms with Gasteiger partial charge < -0.3 is 30.0 Å². The summed E-state index contributed by atoms with van der Waals surface area (Å²) in [6.45, 7) is 5.12. The number of rotatable bonds is 8. The van der Waals surface area contributed by atoms with Crippen molar-refractivity contribution in [2.75, 3.05) is 32.1 Å². The second-order valence-electron chi connectivity index (χ2n) is 8.54. The Balaban J connectivity index is 1.53. The molecule has 186 valence electrons. The molecule has 2 amide bonds. The summed E-state index contributed by atoms with van der Waals surface area (Å²) in [5, 5.41) is 6.74. The number of ether oxygens (including phenoxy) is 2. The van der Waals surface area contributed by atoms with Crippen LogP contribution in [0.5, 0.6) is 11.5 Å². The molecular weight excluding hydrogens is 482 g/mol. The number of pyridine rings is 1. The molecule has 2 aliphatic rings. The molecule has 3 aromatic rings. The molecule has 2 aromatic heterocycles. The predicted octanol–water partition coefficient (Wildman–Crippen LogP) is 3.93. The number of halogens is 1. The van der Waals surface area contributed by atoms with Crippen molar-refractivity contribution in [3.05, 3.63) is 65.6 Å². The van der Waals surface area contributed by atoms with E-state index in [1.807, 2.05) is 18.2 Å². The number of hydrogen-bond donors (Lipinski definition) is 3. The van der Waals surface area contributed by atoms with Crippen LogP contribution in [0.1, 0.15) is 22.5 Å². The number of para-hydroxylation sites is 1. The minimum Gasteiger partial charge on any atom is -0.493 e. The number of carbonyl (C=O) groups is 2. The van der Waals surface area contributed by atoms with Crippen LogP contribution < -0.4 is 20.1 Å². The van der Waals surface area contributed by atoms with Crippen LogP contribution in [0.2, 0.25) is 5.02 Å². The summed E-state index contributed by atoms with van der Waals surface area (Å²) in [4.78, 5) is 34.3. The maximum atomic E-state index is 12.9. The lowest BCUT2D eigenvalue weighted by Crippen LogP contribution is -2.53. The number of amides is 2. The highest BCUT2D eigenvalue weighted by atomic mass is 35.5. The van der Waals surface area contributed by atoms with Crippen LogP contribution in [-0.2, 0) is 11.2 Å². The van der Waals surface area contributed by atoms with Crippen LogP contribution in [0.25, 0.3) is 11.3 Å². The number of aromatic nitrogens is 2. The third-order valence-corrected chi connectivity index (χ3v) is 6.78. The molecule has 3 N–H and O–H groups in total. The standard InChI is InChI=1S/C26H26ClN5O4/c1-3-21(33)32-12-9-15(32)14-36-20-13-28-10-7-16(20)23-24(22-18(30-23)8-11-29-26(22)34)31-19-6-4-5-17(27)25(19)35-2/h3-7,10,13,15,30-31H,1,8-9,11-12,14H2,2H3,(H,29,34). The molecule has 0 aliphatic carbocycles. The molecule has 0 saturated carbocycles. The van der Waals surface area contributed by atoms with E-state index in [-0.39, 0.29) is 17.9 Å². The molecule has 1 aromatic carbocycles. The van der Waals surface area contributed by atoms with Gasteiger partial charge in [-0.1, -0.05) is 24.2 Å². The van der Waals surface area contributed by atoms with Gasteiger partial charge in [0.05, 0.1) is 47.0 Å². The number of anilines is 2. The zero-order valence-corrected chi connectivity index (χ0v) is 20.5. The lowest BCUT2D eigenvalue weighted by molar-refractivity contribution is -0.134. The Kier molecular flexibility index (Phi) is 6.56. The first-order chi connectivity index (χ1) is 17.5. The number of likely N-dealkylation sites (tertiary alicyclic amines) is 1. The van der Waals surface area contributed by atoms with E-state index in [0.29, 0.717) is 65.3 Å². The van der Waals surface area contributed by atoms with Crippen molar-refractivity contribution in [1.82, 2.24) is 20.2 Å². The monoisotopic (exact) mass is 507 g/mol. The number of nitrogens with one attached hydrogen (secondary N) is 3. The van der Waals surface area contributed by atoms with E-state index in [1.54, 1.807) is 30.5 Å². The first-order valence-electron chi connectivity index (χ1n) is 11.6. The van der Waals surface area contributed by atoms with Crippen LogP contribution >= 0.6 is 11.6 Å². The molecule has 9 nitrogen and oxygen atoms in total. The molecular formula is C26H26ClN5O4. The number of methoxy groups -OCH3 is 1. The van der Waals surface area contributed by atoms with Crippen LogP contribution in [0.4, 0.5) is 11.4 Å². The second-order valence-corrected chi connectivity index (χ2v) is 8.95. The predicted molar refractivity (Wildman–Crippen MR) is 137 cm³/mol. The van der Waals surface area contributed by atoms with Crippen molar-refractivity contribution in [1.29, 1.82) is 0 Å². The first kappa shape index (κ1) is 23.7. The van der Waals surface area contributed by atoms with Crippen molar-refractivity contribution >= 4 is 34.8 Å². The lowest BCUT2D eigenvalue weighted by atomic mass is 10.0. The van der Waals surface area contributed by atoms with Crippen molar-refractivity contribution in [2.45, 2.75) is 18.9 Å². The van der Waals surface area contributed by atoms with E-state index in [2.05, 4.69) is 27.2 Å². The van der Waals surface area contributed by atoms with Gasteiger partial charge in [0.15, 0.2) is 5.75 Å². The van der Waals surface area contributed by atoms with Crippen molar-refractivity contribution in [2.24, 2.45) is 0 Å². The van der Waals surface area contributed by atoms with Gasteiger partial charge in [-0.05, 0) is 30.7 Å². The highest BCUT2D eigenvalue weighted by molar-refractivity contribution is 6.32. The number of nitrogens with zero attached hydrogens (tertiary/aromatic N) is 2. The van der Waals surface area contributed by atoms with E-state index in [0.717, 1.165) is 17.7 Å². The fourth-order valence-corrected chi connectivity index (χ4v) is 4.82. The molecule has 0 radical (unpaired) electrons. The molecule has 1 unspecified atom stereocenters. The largest absolute Gasteiger partial charge is 0.493 e. The lowest BCUT2D eigenvalue weighted by Gasteiger charge is -2.40. The summed E-state index contributed by atoms with van der Waals surface area (Å²) in [6, 6.07) is 7.18. The summed E-state index contributed by atoms with van der Waals surface area (Å²) in [5.74, 6) is 0.730. The summed E-state index contributed by atoms with van der Waals surface area (Å²) >= 11 is 6.34. The highest BCUT2D eigenvalue weighted by Gasteiger charge is 2.32. The Morgan fingerprint density at radius 3 is 3.00 bits per heavy atom. The second kappa shape index (κ2) is 9.94. The van der Waals surface area contributed by atoms with Crippen LogP contribution in [-0.4, -0.2) is 59.5 Å². The number of benzene rings is 1. The maximum Gasteiger partial charge on any atom is 0.255 e. The van der Waals surface area contributed by atoms with Crippen LogP contribution in [0.15, 0.2) is 49.3 Å². The molecule has 4 heterocycles. The Hall–Kier alpha value is -3.98. The molecule has 10 heteroatoms. The number of fused-ring (bicyclic) bond motifs is 1. The molecule has 0 bridgehead atoms. The minimum atomic E-state index is -0.174. The van der Waals surface area contributed by atoms with Gasteiger partial charge in [0, 0.05) is 37.0 Å². The molecule has 1 fully saturated rings. The number of aromatic amines is 1. The summed E-state index contributed by atoms with van der Waals surface area (Å²) in [6.07, 6.45) is 6.14. The van der Waals surface area contributed by atoms with Gasteiger partial charge in [0.2, 0.25) is 5.91 Å². The molecule has 0 spiro atoms. The van der Waals surface area contributed by atoms with Crippen molar-refractivity contribution in [3.63, 3.8) is 0 Å². The molecule has 1 atom stereocenters. The van der Waals surface area contributed by atoms with Gasteiger partial charge in [0.25, 0.3) is 5.91 Å². The average Bonchev–Trinajstić information content (AvgIpc) is 3.23. The van der Waals surface area contributed by atoms with Gasteiger partial charge in [-0.15, -0.1) is 0 Å². The quantitative estimate of drug-likeness (QED) is 0.399. The smallest absolute Gasteiger partial charge is 0.255 e. The van der Waals surface area contributed by atoms with E-state index in [4.69, 9.17) is 21.1 Å². The van der Waals surface area contributed by atoms with Gasteiger partial charge in [-0.2, -0.15) is 0 Å². The van der Waals surface area contributed by atoms with Crippen LogP contribution in [0.3, 0.4) is 0 Å². The fourth-order valence-electron chi connectivity index (χ4n) is 4.56. The number of hydrogen-bond acceptors (Lipinski definition) is 6. The Morgan fingerprint density at radius 2 is 2.25 bits per heavy atom. The number of carbonyl (C=O) groups excluding carboxylic acids is 2. The Bertz CT molecular complexity index is 1340. The normalized spacial score (nSPS) is 16.4. The first-order valence-corrected chi connectivity index (χ1v) is 12.0. The molecule has 5 rings (SSSR count). The summed E-state index contributed by atoms with van der Waals surface area (Å²) in [7, 11) is 1.54. The van der Waals surface area contributed by atoms with E-state index < -0.39 is 0 Å². The average molecular weight is 508 g/mol. The van der Waals surface area contributed by atoms with E-state index in [9.17, 15) is 9.59 Å². The summed E-state index contributed by atoms with van der Waals surface area (Å²) < 4.78 is 11.7. The van der Waals surface area contributed by atoms with Crippen molar-refractivity contribution in [3.8, 4) is 22.8 Å². The van der Waals surface area contributed by atoms with Gasteiger partial charge in [-0.25, -0.2) is 0 Å². The number of H-pyrrole nitrogens is 1. The zero-order valence-electron chi connectivity index (χ0n) is 19.8. The van der Waals surface area contributed by atoms with E-state index >= 15 is 0 Å². The van der Waals surface area contributed by atoms with Crippen molar-refractivity contribution < 1.29 is 19.1 Å². The highest BCUT2D eigenvalue weighted by Crippen LogP contribution is 2.43. The molecule has 1 saturated heterocycles. The van der Waals surface area contributed by atoms with Gasteiger partial charge in [0.1, 0.15) is 12.4 Å². The SMILES string of the molecule is C=CC(=O)N1CCC1COc1cnccc1-c1[nH]c2c(c1Nc1cccc(Cl)c1OC)C(=O)NCC2. The zero-order chi connectivity index (χ0) is 25.2. The molecule has 36 heavy (non-hydrogen) atoms.